The molecule has 1 saturated heterocycles. The third kappa shape index (κ3) is 3.60. The van der Waals surface area contributed by atoms with Crippen molar-refractivity contribution in [3.8, 4) is 11.1 Å². The molecular formula is C19H20BrN9. The molecule has 1 atom stereocenters. The number of nitrogens with zero attached hydrogens (tertiary/aromatic N) is 7. The molecule has 1 unspecified atom stereocenters. The summed E-state index contributed by atoms with van der Waals surface area (Å²) in [4.78, 5) is 13.7. The SMILES string of the molecule is Cn1cc(-c2cnn3c(Nc4ncc(Br)cn4)cc(C4CCCNC4)nc23)cn1. The largest absolute Gasteiger partial charge is 0.316 e. The number of fused-ring (bicyclic) bond motifs is 1. The molecule has 5 heterocycles. The number of piperidine rings is 1. The van der Waals surface area contributed by atoms with Crippen LogP contribution in [0.4, 0.5) is 11.8 Å². The van der Waals surface area contributed by atoms with Crippen LogP contribution in [0.2, 0.25) is 0 Å². The van der Waals surface area contributed by atoms with Crippen LogP contribution in [-0.2, 0) is 7.05 Å². The van der Waals surface area contributed by atoms with Crippen LogP contribution in [0, 0.1) is 0 Å². The van der Waals surface area contributed by atoms with E-state index in [-0.39, 0.29) is 0 Å². The van der Waals surface area contributed by atoms with Gasteiger partial charge in [-0.2, -0.15) is 14.7 Å². The molecule has 1 fully saturated rings. The van der Waals surface area contributed by atoms with E-state index in [2.05, 4.69) is 52.8 Å². The number of hydrogen-bond acceptors (Lipinski definition) is 7. The van der Waals surface area contributed by atoms with Crippen molar-refractivity contribution < 1.29 is 0 Å². The number of aryl methyl sites for hydroxylation is 1. The van der Waals surface area contributed by atoms with Crippen molar-refractivity contribution >= 4 is 33.3 Å². The monoisotopic (exact) mass is 453 g/mol. The Kier molecular flexibility index (Phi) is 4.72. The van der Waals surface area contributed by atoms with Crippen molar-refractivity contribution in [3.05, 3.63) is 47.2 Å². The molecule has 148 valence electrons. The summed E-state index contributed by atoms with van der Waals surface area (Å²) in [6, 6.07) is 2.05. The van der Waals surface area contributed by atoms with Gasteiger partial charge in [-0.05, 0) is 35.3 Å². The van der Waals surface area contributed by atoms with E-state index in [1.807, 2.05) is 25.6 Å². The summed E-state index contributed by atoms with van der Waals surface area (Å²) >= 11 is 3.37. The Labute approximate surface area is 175 Å². The second kappa shape index (κ2) is 7.53. The molecule has 0 bridgehead atoms. The standard InChI is InChI=1S/C19H20BrN9/c1-28-11-13(7-24-28)15-10-25-29-17(27-19-22-8-14(20)9-23-19)5-16(26-18(15)29)12-3-2-4-21-6-12/h5,7-12,21H,2-4,6H2,1H3,(H,22,23,27). The van der Waals surface area contributed by atoms with Gasteiger partial charge in [0.05, 0.1) is 22.6 Å². The molecule has 0 amide bonds. The number of aromatic nitrogens is 7. The fourth-order valence-corrected chi connectivity index (χ4v) is 3.84. The summed E-state index contributed by atoms with van der Waals surface area (Å²) in [5.74, 6) is 1.65. The van der Waals surface area contributed by atoms with Crippen LogP contribution in [0.3, 0.4) is 0 Å². The summed E-state index contributed by atoms with van der Waals surface area (Å²) in [6.07, 6.45) is 11.3. The Balaban J connectivity index is 1.63. The van der Waals surface area contributed by atoms with Crippen molar-refractivity contribution in [2.45, 2.75) is 18.8 Å². The molecule has 0 aromatic carbocycles. The zero-order valence-electron chi connectivity index (χ0n) is 15.9. The second-order valence-corrected chi connectivity index (χ2v) is 8.07. The molecule has 1 aliphatic rings. The van der Waals surface area contributed by atoms with Crippen LogP contribution in [0.15, 0.2) is 41.5 Å². The first-order chi connectivity index (χ1) is 14.2. The number of rotatable bonds is 4. The molecule has 2 N–H and O–H groups in total. The first-order valence-electron chi connectivity index (χ1n) is 9.50. The molecular weight excluding hydrogens is 434 g/mol. The summed E-state index contributed by atoms with van der Waals surface area (Å²) in [6.45, 7) is 1.98. The molecule has 0 saturated carbocycles. The van der Waals surface area contributed by atoms with Gasteiger partial charge in [-0.1, -0.05) is 0 Å². The lowest BCUT2D eigenvalue weighted by Gasteiger charge is -2.23. The van der Waals surface area contributed by atoms with E-state index in [1.165, 1.54) is 0 Å². The maximum atomic E-state index is 5.00. The van der Waals surface area contributed by atoms with Gasteiger partial charge in [0.2, 0.25) is 5.95 Å². The molecule has 0 aliphatic carbocycles. The quantitative estimate of drug-likeness (QED) is 0.490. The molecule has 10 heteroatoms. The van der Waals surface area contributed by atoms with Gasteiger partial charge >= 0.3 is 0 Å². The van der Waals surface area contributed by atoms with Gasteiger partial charge in [-0.3, -0.25) is 4.68 Å². The van der Waals surface area contributed by atoms with Crippen LogP contribution in [0.25, 0.3) is 16.8 Å². The van der Waals surface area contributed by atoms with E-state index < -0.39 is 0 Å². The predicted octanol–water partition coefficient (Wildman–Crippen LogP) is 2.89. The highest BCUT2D eigenvalue weighted by atomic mass is 79.9. The molecule has 0 spiro atoms. The van der Waals surface area contributed by atoms with Crippen molar-refractivity contribution in [2.75, 3.05) is 18.4 Å². The van der Waals surface area contributed by atoms with E-state index in [0.717, 1.165) is 58.7 Å². The van der Waals surface area contributed by atoms with E-state index in [1.54, 1.807) is 21.6 Å². The van der Waals surface area contributed by atoms with Gasteiger partial charge in [-0.25, -0.2) is 15.0 Å². The van der Waals surface area contributed by atoms with Crippen molar-refractivity contribution in [1.82, 2.24) is 39.7 Å². The Hall–Kier alpha value is -2.85. The van der Waals surface area contributed by atoms with Crippen LogP contribution in [-0.4, -0.2) is 47.4 Å². The van der Waals surface area contributed by atoms with E-state index in [4.69, 9.17) is 4.98 Å². The van der Waals surface area contributed by atoms with Crippen LogP contribution >= 0.6 is 15.9 Å². The van der Waals surface area contributed by atoms with Gasteiger partial charge in [0.15, 0.2) is 5.65 Å². The minimum Gasteiger partial charge on any atom is -0.316 e. The molecule has 0 radical (unpaired) electrons. The lowest BCUT2D eigenvalue weighted by atomic mass is 9.96. The minimum absolute atomic E-state index is 0.358. The maximum Gasteiger partial charge on any atom is 0.228 e. The summed E-state index contributed by atoms with van der Waals surface area (Å²) in [5.41, 5.74) is 3.76. The lowest BCUT2D eigenvalue weighted by Crippen LogP contribution is -2.29. The molecule has 29 heavy (non-hydrogen) atoms. The predicted molar refractivity (Wildman–Crippen MR) is 113 cm³/mol. The maximum absolute atomic E-state index is 5.00. The fourth-order valence-electron chi connectivity index (χ4n) is 3.64. The fraction of sp³-hybridized carbons (Fsp3) is 0.316. The lowest BCUT2D eigenvalue weighted by molar-refractivity contribution is 0.455. The highest BCUT2D eigenvalue weighted by Gasteiger charge is 2.21. The van der Waals surface area contributed by atoms with E-state index >= 15 is 0 Å². The van der Waals surface area contributed by atoms with Gasteiger partial charge in [0, 0.05) is 55.3 Å². The van der Waals surface area contributed by atoms with Crippen molar-refractivity contribution in [3.63, 3.8) is 0 Å². The zero-order valence-corrected chi connectivity index (χ0v) is 17.5. The second-order valence-electron chi connectivity index (χ2n) is 7.16. The van der Waals surface area contributed by atoms with Gasteiger partial charge < -0.3 is 10.6 Å². The van der Waals surface area contributed by atoms with Crippen LogP contribution in [0.1, 0.15) is 24.5 Å². The Morgan fingerprint density at radius 3 is 2.76 bits per heavy atom. The Morgan fingerprint density at radius 2 is 2.03 bits per heavy atom. The zero-order chi connectivity index (χ0) is 19.8. The van der Waals surface area contributed by atoms with Gasteiger partial charge in [-0.15, -0.1) is 0 Å². The van der Waals surface area contributed by atoms with Gasteiger partial charge in [0.1, 0.15) is 5.82 Å². The van der Waals surface area contributed by atoms with Crippen LogP contribution < -0.4 is 10.6 Å². The Bertz CT molecular complexity index is 1140. The first kappa shape index (κ1) is 18.2. The summed E-state index contributed by atoms with van der Waals surface area (Å²) < 4.78 is 4.41. The summed E-state index contributed by atoms with van der Waals surface area (Å²) in [5, 5.41) is 15.6. The van der Waals surface area contributed by atoms with E-state index in [0.29, 0.717) is 11.9 Å². The average Bonchev–Trinajstić information content (AvgIpc) is 3.36. The van der Waals surface area contributed by atoms with Crippen molar-refractivity contribution in [2.24, 2.45) is 7.05 Å². The van der Waals surface area contributed by atoms with E-state index in [9.17, 15) is 0 Å². The number of nitrogens with one attached hydrogen (secondary N) is 2. The molecule has 4 aromatic rings. The van der Waals surface area contributed by atoms with Gasteiger partial charge in [0.25, 0.3) is 0 Å². The van der Waals surface area contributed by atoms with Crippen molar-refractivity contribution in [1.29, 1.82) is 0 Å². The third-order valence-electron chi connectivity index (χ3n) is 5.08. The Morgan fingerprint density at radius 1 is 1.17 bits per heavy atom. The highest BCUT2D eigenvalue weighted by molar-refractivity contribution is 9.10. The normalized spacial score (nSPS) is 17.0. The average molecular weight is 454 g/mol. The molecule has 9 nitrogen and oxygen atoms in total. The minimum atomic E-state index is 0.358. The number of halogens is 1. The highest BCUT2D eigenvalue weighted by Crippen LogP contribution is 2.30. The summed E-state index contributed by atoms with van der Waals surface area (Å²) in [7, 11) is 1.90. The molecule has 5 rings (SSSR count). The topological polar surface area (TPSA) is 97.8 Å². The number of hydrogen-bond donors (Lipinski definition) is 2. The molecule has 4 aromatic heterocycles. The first-order valence-corrected chi connectivity index (χ1v) is 10.3. The molecule has 1 aliphatic heterocycles. The smallest absolute Gasteiger partial charge is 0.228 e. The number of anilines is 2. The third-order valence-corrected chi connectivity index (χ3v) is 5.49. The van der Waals surface area contributed by atoms with Crippen LogP contribution in [0.5, 0.6) is 0 Å².